The number of nitrogens with zero attached hydrogens (tertiary/aromatic N) is 1. The van der Waals surface area contributed by atoms with E-state index in [-0.39, 0.29) is 12.2 Å². The van der Waals surface area contributed by atoms with Crippen LogP contribution >= 0.6 is 27.5 Å². The number of hydrogen-bond donors (Lipinski definition) is 2. The van der Waals surface area contributed by atoms with Gasteiger partial charge >= 0.3 is 0 Å². The van der Waals surface area contributed by atoms with Gasteiger partial charge in [-0.25, -0.2) is 0 Å². The van der Waals surface area contributed by atoms with E-state index in [2.05, 4.69) is 21.2 Å². The van der Waals surface area contributed by atoms with Gasteiger partial charge in [-0.15, -0.1) is 0 Å². The molecule has 0 atom stereocenters. The summed E-state index contributed by atoms with van der Waals surface area (Å²) in [5, 5.41) is 12.5. The number of rotatable bonds is 6. The number of nitriles is 1. The predicted molar refractivity (Wildman–Crippen MR) is 103 cm³/mol. The first-order valence-electron chi connectivity index (χ1n) is 7.28. The highest BCUT2D eigenvalue weighted by Gasteiger charge is 2.12. The summed E-state index contributed by atoms with van der Waals surface area (Å²) in [6, 6.07) is 13.3. The number of nitrogens with one attached hydrogen (secondary N) is 1. The van der Waals surface area contributed by atoms with Crippen molar-refractivity contribution >= 4 is 51.1 Å². The average molecular weight is 435 g/mol. The second kappa shape index (κ2) is 9.04. The molecule has 2 amide bonds. The van der Waals surface area contributed by atoms with Crippen LogP contribution in [-0.4, -0.2) is 18.4 Å². The highest BCUT2D eigenvalue weighted by atomic mass is 79.9. The number of hydrogen-bond acceptors (Lipinski definition) is 4. The number of benzene rings is 2. The van der Waals surface area contributed by atoms with Crippen LogP contribution in [0.4, 0.5) is 5.69 Å². The first kappa shape index (κ1) is 19.5. The number of nitrogens with two attached hydrogens (primary N) is 1. The van der Waals surface area contributed by atoms with E-state index in [0.717, 1.165) is 0 Å². The molecule has 132 valence electrons. The highest BCUT2D eigenvalue weighted by molar-refractivity contribution is 9.10. The molecule has 2 aromatic rings. The Bertz CT molecular complexity index is 905. The summed E-state index contributed by atoms with van der Waals surface area (Å²) in [7, 11) is 0. The summed E-state index contributed by atoms with van der Waals surface area (Å²) < 4.78 is 6.03. The quantitative estimate of drug-likeness (QED) is 0.536. The van der Waals surface area contributed by atoms with Crippen molar-refractivity contribution < 1.29 is 14.3 Å². The largest absolute Gasteiger partial charge is 0.483 e. The van der Waals surface area contributed by atoms with Gasteiger partial charge in [0.1, 0.15) is 17.4 Å². The van der Waals surface area contributed by atoms with Crippen molar-refractivity contribution in [3.63, 3.8) is 0 Å². The average Bonchev–Trinajstić information content (AvgIpc) is 2.60. The van der Waals surface area contributed by atoms with Crippen molar-refractivity contribution in [2.45, 2.75) is 0 Å². The highest BCUT2D eigenvalue weighted by Crippen LogP contribution is 2.26. The Morgan fingerprint density at radius 2 is 1.96 bits per heavy atom. The van der Waals surface area contributed by atoms with Crippen LogP contribution in [0, 0.1) is 11.3 Å². The third kappa shape index (κ3) is 5.62. The lowest BCUT2D eigenvalue weighted by atomic mass is 10.1. The Kier molecular flexibility index (Phi) is 6.78. The third-order valence-corrected chi connectivity index (χ3v) is 3.85. The summed E-state index contributed by atoms with van der Waals surface area (Å²) in [5.74, 6) is -0.904. The van der Waals surface area contributed by atoms with Crippen molar-refractivity contribution in [2.24, 2.45) is 5.73 Å². The molecular weight excluding hydrogens is 422 g/mol. The summed E-state index contributed by atoms with van der Waals surface area (Å²) in [4.78, 5) is 23.2. The fourth-order valence-corrected chi connectivity index (χ4v) is 2.45. The van der Waals surface area contributed by atoms with E-state index in [4.69, 9.17) is 22.1 Å². The van der Waals surface area contributed by atoms with Gasteiger partial charge in [0.15, 0.2) is 6.61 Å². The third-order valence-electron chi connectivity index (χ3n) is 3.11. The maximum atomic E-state index is 12.3. The van der Waals surface area contributed by atoms with E-state index in [1.165, 1.54) is 6.08 Å². The first-order valence-corrected chi connectivity index (χ1v) is 8.45. The number of halogens is 2. The fourth-order valence-electron chi connectivity index (χ4n) is 1.95. The van der Waals surface area contributed by atoms with Crippen LogP contribution in [-0.2, 0) is 9.59 Å². The smallest absolute Gasteiger partial charge is 0.266 e. The molecule has 6 nitrogen and oxygen atoms in total. The van der Waals surface area contributed by atoms with E-state index in [1.807, 2.05) is 6.07 Å². The Hall–Kier alpha value is -2.82. The van der Waals surface area contributed by atoms with Crippen LogP contribution in [0.2, 0.25) is 5.02 Å². The van der Waals surface area contributed by atoms with Gasteiger partial charge in [0.05, 0.1) is 0 Å². The van der Waals surface area contributed by atoms with Gasteiger partial charge in [-0.1, -0.05) is 27.5 Å². The zero-order valence-electron chi connectivity index (χ0n) is 13.3. The van der Waals surface area contributed by atoms with Gasteiger partial charge in [-0.2, -0.15) is 5.26 Å². The molecular formula is C18H13BrClN3O3. The van der Waals surface area contributed by atoms with E-state index >= 15 is 0 Å². The molecule has 0 bridgehead atoms. The summed E-state index contributed by atoms with van der Waals surface area (Å²) >= 11 is 9.12. The molecule has 26 heavy (non-hydrogen) atoms. The second-order valence-corrected chi connectivity index (χ2v) is 6.42. The molecule has 2 aromatic carbocycles. The molecule has 8 heteroatoms. The van der Waals surface area contributed by atoms with Crippen LogP contribution in [0.15, 0.2) is 52.5 Å². The lowest BCUT2D eigenvalue weighted by Crippen LogP contribution is -2.20. The number of anilines is 1. The molecule has 3 N–H and O–H groups in total. The van der Waals surface area contributed by atoms with Crippen molar-refractivity contribution in [1.29, 1.82) is 5.26 Å². The Balaban J connectivity index is 2.28. The number of primary amides is 1. The molecule has 0 saturated heterocycles. The lowest BCUT2D eigenvalue weighted by Gasteiger charge is -2.09. The van der Waals surface area contributed by atoms with E-state index in [9.17, 15) is 14.9 Å². The zero-order valence-corrected chi connectivity index (χ0v) is 15.7. The standard InChI is InChI=1S/C18H13BrClN3O3/c19-13-1-6-16(26-10-17(22)24)11(8-13)7-12(9-21)18(25)23-15-4-2-14(20)3-5-15/h1-8H,10H2,(H2,22,24)(H,23,25)/b12-7+. The van der Waals surface area contributed by atoms with Gasteiger partial charge in [-0.3, -0.25) is 9.59 Å². The lowest BCUT2D eigenvalue weighted by molar-refractivity contribution is -0.120. The first-order chi connectivity index (χ1) is 12.4. The van der Waals surface area contributed by atoms with Crippen molar-refractivity contribution in [1.82, 2.24) is 0 Å². The van der Waals surface area contributed by atoms with E-state index < -0.39 is 11.8 Å². The summed E-state index contributed by atoms with van der Waals surface area (Å²) in [6.45, 7) is -0.318. The molecule has 0 heterocycles. The minimum absolute atomic E-state index is 0.137. The van der Waals surface area contributed by atoms with E-state index in [0.29, 0.717) is 26.5 Å². The molecule has 2 rings (SSSR count). The van der Waals surface area contributed by atoms with Crippen LogP contribution in [0.5, 0.6) is 5.75 Å². The van der Waals surface area contributed by atoms with Crippen molar-refractivity contribution in [2.75, 3.05) is 11.9 Å². The molecule has 0 aliphatic heterocycles. The van der Waals surface area contributed by atoms with Crippen LogP contribution < -0.4 is 15.8 Å². The molecule has 0 aliphatic rings. The summed E-state index contributed by atoms with van der Waals surface area (Å²) in [6.07, 6.45) is 1.37. The van der Waals surface area contributed by atoms with Gasteiger partial charge in [-0.05, 0) is 48.5 Å². The van der Waals surface area contributed by atoms with Gasteiger partial charge in [0, 0.05) is 20.7 Å². The number of amides is 2. The number of ether oxygens (including phenoxy) is 1. The number of carbonyl (C=O) groups is 2. The Morgan fingerprint density at radius 1 is 1.27 bits per heavy atom. The molecule has 0 aromatic heterocycles. The number of carbonyl (C=O) groups excluding carboxylic acids is 2. The van der Waals surface area contributed by atoms with Gasteiger partial charge in [0.2, 0.25) is 0 Å². The maximum Gasteiger partial charge on any atom is 0.266 e. The normalized spacial score (nSPS) is 10.7. The van der Waals surface area contributed by atoms with Gasteiger partial charge in [0.25, 0.3) is 11.8 Å². The van der Waals surface area contributed by atoms with Crippen LogP contribution in [0.3, 0.4) is 0 Å². The monoisotopic (exact) mass is 433 g/mol. The SMILES string of the molecule is N#C/C(=C\c1cc(Br)ccc1OCC(N)=O)C(=O)Nc1ccc(Cl)cc1. The predicted octanol–water partition coefficient (Wildman–Crippen LogP) is 3.51. The Morgan fingerprint density at radius 3 is 2.58 bits per heavy atom. The minimum Gasteiger partial charge on any atom is -0.483 e. The molecule has 0 fully saturated rings. The van der Waals surface area contributed by atoms with Gasteiger partial charge < -0.3 is 15.8 Å². The zero-order chi connectivity index (χ0) is 19.1. The van der Waals surface area contributed by atoms with Crippen molar-refractivity contribution in [3.8, 4) is 11.8 Å². The molecule has 0 spiro atoms. The molecule has 0 unspecified atom stereocenters. The maximum absolute atomic E-state index is 12.3. The molecule has 0 saturated carbocycles. The summed E-state index contributed by atoms with van der Waals surface area (Å²) in [5.41, 5.74) is 5.89. The van der Waals surface area contributed by atoms with Crippen molar-refractivity contribution in [3.05, 3.63) is 63.1 Å². The van der Waals surface area contributed by atoms with Crippen LogP contribution in [0.1, 0.15) is 5.56 Å². The van der Waals surface area contributed by atoms with E-state index in [1.54, 1.807) is 42.5 Å². The topological polar surface area (TPSA) is 105 Å². The minimum atomic E-state index is -0.635. The molecule has 0 radical (unpaired) electrons. The fraction of sp³-hybridized carbons (Fsp3) is 0.0556. The van der Waals surface area contributed by atoms with Crippen LogP contribution in [0.25, 0.3) is 6.08 Å². The molecule has 0 aliphatic carbocycles. The second-order valence-electron chi connectivity index (χ2n) is 5.07. The Labute approximate surface area is 163 Å².